The molecule has 0 spiro atoms. The Morgan fingerprint density at radius 2 is 1.65 bits per heavy atom. The number of benzene rings is 2. The lowest BCUT2D eigenvalue weighted by molar-refractivity contribution is -0.131. The molecule has 0 saturated heterocycles. The van der Waals surface area contributed by atoms with Crippen molar-refractivity contribution in [3.63, 3.8) is 0 Å². The van der Waals surface area contributed by atoms with E-state index in [4.69, 9.17) is 0 Å². The molecule has 0 bridgehead atoms. The SMILES string of the molecule is CCCCN(CCC(=O)Nc1nnc(-c2ccccc2)s1)C(=O)CCc1ccccc1. The van der Waals surface area contributed by atoms with Crippen molar-refractivity contribution < 1.29 is 9.59 Å². The summed E-state index contributed by atoms with van der Waals surface area (Å²) in [5.41, 5.74) is 2.12. The highest BCUT2D eigenvalue weighted by Crippen LogP contribution is 2.25. The molecule has 2 aromatic carbocycles. The van der Waals surface area contributed by atoms with Crippen LogP contribution in [0, 0.1) is 0 Å². The van der Waals surface area contributed by atoms with Crippen LogP contribution < -0.4 is 5.32 Å². The third kappa shape index (κ3) is 7.29. The van der Waals surface area contributed by atoms with E-state index in [0.717, 1.165) is 29.0 Å². The minimum absolute atomic E-state index is 0.0902. The molecular weight excluding hydrogens is 408 g/mol. The third-order valence-electron chi connectivity index (χ3n) is 4.91. The van der Waals surface area contributed by atoms with Crippen molar-refractivity contribution in [2.75, 3.05) is 18.4 Å². The monoisotopic (exact) mass is 436 g/mol. The molecule has 1 N–H and O–H groups in total. The summed E-state index contributed by atoms with van der Waals surface area (Å²) in [6.45, 7) is 3.18. The topological polar surface area (TPSA) is 75.2 Å². The molecule has 0 fully saturated rings. The maximum atomic E-state index is 12.7. The van der Waals surface area contributed by atoms with Gasteiger partial charge in [-0.15, -0.1) is 10.2 Å². The van der Waals surface area contributed by atoms with E-state index in [1.54, 1.807) is 0 Å². The number of aryl methyl sites for hydroxylation is 1. The lowest BCUT2D eigenvalue weighted by Crippen LogP contribution is -2.34. The molecule has 7 heteroatoms. The van der Waals surface area contributed by atoms with Crippen LogP contribution in [0.25, 0.3) is 10.6 Å². The first-order valence-corrected chi connectivity index (χ1v) is 11.5. The van der Waals surface area contributed by atoms with Crippen LogP contribution in [0.15, 0.2) is 60.7 Å². The number of anilines is 1. The molecule has 31 heavy (non-hydrogen) atoms. The van der Waals surface area contributed by atoms with Gasteiger partial charge in [0.25, 0.3) is 0 Å². The summed E-state index contributed by atoms with van der Waals surface area (Å²) in [6, 6.07) is 19.7. The number of rotatable bonds is 11. The summed E-state index contributed by atoms with van der Waals surface area (Å²) < 4.78 is 0. The Bertz CT molecular complexity index is 960. The van der Waals surface area contributed by atoms with E-state index in [2.05, 4.69) is 22.4 Å². The molecular formula is C24H28N4O2S. The van der Waals surface area contributed by atoms with E-state index in [-0.39, 0.29) is 18.2 Å². The van der Waals surface area contributed by atoms with Crippen LogP contribution in [0.2, 0.25) is 0 Å². The minimum atomic E-state index is -0.159. The summed E-state index contributed by atoms with van der Waals surface area (Å²) in [6.07, 6.45) is 3.33. The van der Waals surface area contributed by atoms with Crippen LogP contribution in [0.3, 0.4) is 0 Å². The molecule has 162 valence electrons. The zero-order valence-corrected chi connectivity index (χ0v) is 18.6. The fraction of sp³-hybridized carbons (Fsp3) is 0.333. The van der Waals surface area contributed by atoms with Gasteiger partial charge in [0.1, 0.15) is 5.01 Å². The summed E-state index contributed by atoms with van der Waals surface area (Å²) in [7, 11) is 0. The number of unbranched alkanes of at least 4 members (excludes halogenated alkanes) is 1. The van der Waals surface area contributed by atoms with Crippen LogP contribution in [0.5, 0.6) is 0 Å². The van der Waals surface area contributed by atoms with E-state index in [9.17, 15) is 9.59 Å². The van der Waals surface area contributed by atoms with Gasteiger partial charge in [-0.1, -0.05) is 85.3 Å². The minimum Gasteiger partial charge on any atom is -0.342 e. The highest BCUT2D eigenvalue weighted by Gasteiger charge is 2.16. The van der Waals surface area contributed by atoms with Gasteiger partial charge in [-0.2, -0.15) is 0 Å². The fourth-order valence-electron chi connectivity index (χ4n) is 3.15. The van der Waals surface area contributed by atoms with Gasteiger partial charge in [0.15, 0.2) is 0 Å². The van der Waals surface area contributed by atoms with Crippen molar-refractivity contribution in [2.45, 2.75) is 39.0 Å². The van der Waals surface area contributed by atoms with Crippen LogP contribution in [-0.2, 0) is 16.0 Å². The number of amides is 2. The number of hydrogen-bond donors (Lipinski definition) is 1. The Labute approximate surface area is 187 Å². The number of nitrogens with one attached hydrogen (secondary N) is 1. The van der Waals surface area contributed by atoms with Gasteiger partial charge in [-0.25, -0.2) is 0 Å². The van der Waals surface area contributed by atoms with Crippen LogP contribution in [-0.4, -0.2) is 40.0 Å². The molecule has 2 amide bonds. The van der Waals surface area contributed by atoms with E-state index in [1.807, 2.05) is 65.6 Å². The summed E-state index contributed by atoms with van der Waals surface area (Å²) in [5, 5.41) is 12.2. The number of carbonyl (C=O) groups is 2. The van der Waals surface area contributed by atoms with E-state index in [1.165, 1.54) is 11.3 Å². The van der Waals surface area contributed by atoms with Crippen LogP contribution in [0.1, 0.15) is 38.2 Å². The molecule has 3 aromatic rings. The van der Waals surface area contributed by atoms with Gasteiger partial charge >= 0.3 is 0 Å². The maximum absolute atomic E-state index is 12.7. The summed E-state index contributed by atoms with van der Waals surface area (Å²) >= 11 is 1.34. The molecule has 1 heterocycles. The molecule has 1 aromatic heterocycles. The number of hydrogen-bond acceptors (Lipinski definition) is 5. The molecule has 0 aliphatic carbocycles. The number of aromatic nitrogens is 2. The predicted molar refractivity (Wildman–Crippen MR) is 125 cm³/mol. The fourth-order valence-corrected chi connectivity index (χ4v) is 3.92. The van der Waals surface area contributed by atoms with Gasteiger partial charge in [-0.05, 0) is 18.4 Å². The average molecular weight is 437 g/mol. The van der Waals surface area contributed by atoms with Crippen LogP contribution in [0.4, 0.5) is 5.13 Å². The second-order valence-corrected chi connectivity index (χ2v) is 8.27. The number of nitrogens with zero attached hydrogens (tertiary/aromatic N) is 3. The lowest BCUT2D eigenvalue weighted by Gasteiger charge is -2.22. The lowest BCUT2D eigenvalue weighted by atomic mass is 10.1. The molecule has 3 rings (SSSR count). The smallest absolute Gasteiger partial charge is 0.227 e. The zero-order chi connectivity index (χ0) is 21.9. The van der Waals surface area contributed by atoms with Crippen molar-refractivity contribution in [1.29, 1.82) is 0 Å². The molecule has 0 saturated carbocycles. The largest absolute Gasteiger partial charge is 0.342 e. The average Bonchev–Trinajstić information content (AvgIpc) is 3.27. The van der Waals surface area contributed by atoms with Crippen molar-refractivity contribution in [3.8, 4) is 10.6 Å². The molecule has 0 aliphatic heterocycles. The maximum Gasteiger partial charge on any atom is 0.227 e. The van der Waals surface area contributed by atoms with Gasteiger partial charge in [0.2, 0.25) is 16.9 Å². The normalized spacial score (nSPS) is 10.6. The van der Waals surface area contributed by atoms with E-state index >= 15 is 0 Å². The second-order valence-electron chi connectivity index (χ2n) is 7.30. The Hall–Kier alpha value is -3.06. The Morgan fingerprint density at radius 1 is 0.935 bits per heavy atom. The van der Waals surface area contributed by atoms with Gasteiger partial charge in [0.05, 0.1) is 0 Å². The highest BCUT2D eigenvalue weighted by atomic mass is 32.1. The second kappa shape index (κ2) is 12.0. The van der Waals surface area contributed by atoms with Gasteiger partial charge in [-0.3, -0.25) is 9.59 Å². The molecule has 0 radical (unpaired) electrons. The zero-order valence-electron chi connectivity index (χ0n) is 17.8. The standard InChI is InChI=1S/C24H28N4O2S/c1-2-3-17-28(22(30)15-14-19-10-6-4-7-11-19)18-16-21(29)25-24-27-26-23(31-24)20-12-8-5-9-13-20/h4-13H,2-3,14-18H2,1H3,(H,25,27,29). The summed E-state index contributed by atoms with van der Waals surface area (Å²) in [4.78, 5) is 27.0. The molecule has 0 unspecified atom stereocenters. The van der Waals surface area contributed by atoms with Gasteiger partial charge < -0.3 is 10.2 Å². The first-order chi connectivity index (χ1) is 15.2. The highest BCUT2D eigenvalue weighted by molar-refractivity contribution is 7.18. The Kier molecular flexibility index (Phi) is 8.72. The molecule has 6 nitrogen and oxygen atoms in total. The number of carbonyl (C=O) groups excluding carboxylic acids is 2. The van der Waals surface area contributed by atoms with E-state index in [0.29, 0.717) is 31.1 Å². The van der Waals surface area contributed by atoms with Crippen molar-refractivity contribution in [2.24, 2.45) is 0 Å². The molecule has 0 atom stereocenters. The Morgan fingerprint density at radius 3 is 2.35 bits per heavy atom. The predicted octanol–water partition coefficient (Wildman–Crippen LogP) is 4.80. The van der Waals surface area contributed by atoms with Crippen molar-refractivity contribution in [3.05, 3.63) is 66.2 Å². The van der Waals surface area contributed by atoms with Crippen LogP contribution >= 0.6 is 11.3 Å². The van der Waals surface area contributed by atoms with Gasteiger partial charge in [0, 0.05) is 31.5 Å². The molecule has 0 aliphatic rings. The Balaban J connectivity index is 1.50. The van der Waals surface area contributed by atoms with Crippen molar-refractivity contribution >= 4 is 28.3 Å². The van der Waals surface area contributed by atoms with Crippen molar-refractivity contribution in [1.82, 2.24) is 15.1 Å². The summed E-state index contributed by atoms with van der Waals surface area (Å²) in [5.74, 6) is -0.0690. The first-order valence-electron chi connectivity index (χ1n) is 10.7. The quantitative estimate of drug-likeness (QED) is 0.469. The van der Waals surface area contributed by atoms with E-state index < -0.39 is 0 Å². The third-order valence-corrected chi connectivity index (χ3v) is 5.79. The first kappa shape index (κ1) is 22.6.